The fraction of sp³-hybridized carbons (Fsp3) is 1.00. The molecule has 2 aliphatic carbocycles. The molecule has 12 heavy (non-hydrogen) atoms. The molecule has 0 radical (unpaired) electrons. The maximum Gasteiger partial charge on any atom is 0.0619 e. The first kappa shape index (κ1) is 8.55. The van der Waals surface area contributed by atoms with Gasteiger partial charge in [0.15, 0.2) is 0 Å². The molecule has 2 fully saturated rings. The Morgan fingerprint density at radius 1 is 1.42 bits per heavy atom. The molecular weight excluding hydrogens is 148 g/mol. The number of hydrogen-bond donors (Lipinski definition) is 1. The molecule has 0 aromatic carbocycles. The van der Waals surface area contributed by atoms with Gasteiger partial charge in [-0.2, -0.15) is 0 Å². The van der Waals surface area contributed by atoms with Crippen LogP contribution in [0.3, 0.4) is 0 Å². The highest BCUT2D eigenvalue weighted by Crippen LogP contribution is 2.63. The van der Waals surface area contributed by atoms with E-state index in [0.29, 0.717) is 11.3 Å². The average Bonchev–Trinajstić information content (AvgIpc) is 2.56. The fourth-order valence-corrected chi connectivity index (χ4v) is 2.78. The van der Waals surface area contributed by atoms with Crippen molar-refractivity contribution in [3.63, 3.8) is 0 Å². The molecule has 0 aromatic heterocycles. The van der Waals surface area contributed by atoms with E-state index in [4.69, 9.17) is 0 Å². The van der Waals surface area contributed by atoms with Crippen molar-refractivity contribution >= 4 is 0 Å². The van der Waals surface area contributed by atoms with Gasteiger partial charge in [0.25, 0.3) is 0 Å². The first-order valence-electron chi connectivity index (χ1n) is 5.14. The highest BCUT2D eigenvalue weighted by molar-refractivity contribution is 5.04. The summed E-state index contributed by atoms with van der Waals surface area (Å²) in [5.41, 5.74) is 0.242. The van der Waals surface area contributed by atoms with Crippen LogP contribution in [0.4, 0.5) is 0 Å². The summed E-state index contributed by atoms with van der Waals surface area (Å²) in [7, 11) is 0. The van der Waals surface area contributed by atoms with Gasteiger partial charge in [0.1, 0.15) is 0 Å². The Bertz CT molecular complexity index is 192. The van der Waals surface area contributed by atoms with Gasteiger partial charge in [-0.05, 0) is 56.8 Å². The van der Waals surface area contributed by atoms with Gasteiger partial charge in [0.05, 0.1) is 5.60 Å². The van der Waals surface area contributed by atoms with Gasteiger partial charge >= 0.3 is 0 Å². The number of hydrogen-bond acceptors (Lipinski definition) is 1. The normalized spacial score (nSPS) is 47.0. The summed E-state index contributed by atoms with van der Waals surface area (Å²) in [6, 6.07) is 0. The molecule has 0 heterocycles. The van der Waals surface area contributed by atoms with Crippen LogP contribution in [0.1, 0.15) is 46.5 Å². The summed E-state index contributed by atoms with van der Waals surface area (Å²) < 4.78 is 0. The van der Waals surface area contributed by atoms with Crippen LogP contribution in [-0.2, 0) is 0 Å². The van der Waals surface area contributed by atoms with E-state index < -0.39 is 5.60 Å². The molecule has 0 saturated heterocycles. The van der Waals surface area contributed by atoms with Gasteiger partial charge in [-0.3, -0.25) is 0 Å². The molecule has 2 aliphatic rings. The zero-order valence-corrected chi connectivity index (χ0v) is 8.43. The second kappa shape index (κ2) is 2.25. The first-order chi connectivity index (χ1) is 5.42. The van der Waals surface area contributed by atoms with Crippen molar-refractivity contribution < 1.29 is 5.11 Å². The molecule has 1 nitrogen and oxygen atoms in total. The second-order valence-electron chi connectivity index (χ2n) is 5.68. The lowest BCUT2D eigenvalue weighted by molar-refractivity contribution is -0.00596. The SMILES string of the molecule is CC(C)(O)C1CCC2(C)CC2C1. The van der Waals surface area contributed by atoms with Crippen LogP contribution in [0.2, 0.25) is 0 Å². The van der Waals surface area contributed by atoms with Crippen LogP contribution in [0, 0.1) is 17.3 Å². The van der Waals surface area contributed by atoms with Crippen molar-refractivity contribution in [3.8, 4) is 0 Å². The molecule has 1 heteroatoms. The summed E-state index contributed by atoms with van der Waals surface area (Å²) in [6.45, 7) is 6.32. The Hall–Kier alpha value is -0.0400. The molecule has 0 aromatic rings. The largest absolute Gasteiger partial charge is 0.390 e. The summed E-state index contributed by atoms with van der Waals surface area (Å²) >= 11 is 0. The maximum atomic E-state index is 9.86. The zero-order valence-electron chi connectivity index (χ0n) is 8.43. The van der Waals surface area contributed by atoms with Crippen LogP contribution in [0.15, 0.2) is 0 Å². The average molecular weight is 168 g/mol. The van der Waals surface area contributed by atoms with Crippen molar-refractivity contribution in [2.24, 2.45) is 17.3 Å². The Balaban J connectivity index is 1.98. The highest BCUT2D eigenvalue weighted by Gasteiger charge is 2.54. The molecule has 2 saturated carbocycles. The van der Waals surface area contributed by atoms with Crippen LogP contribution in [0.5, 0.6) is 0 Å². The summed E-state index contributed by atoms with van der Waals surface area (Å²) in [5.74, 6) is 1.49. The standard InChI is InChI=1S/C11H20O/c1-10(2,12)8-4-5-11(3)7-9(11)6-8/h8-9,12H,4-7H2,1-3H3. The van der Waals surface area contributed by atoms with E-state index in [-0.39, 0.29) is 0 Å². The fourth-order valence-electron chi connectivity index (χ4n) is 2.78. The predicted octanol–water partition coefficient (Wildman–Crippen LogP) is 2.58. The minimum absolute atomic E-state index is 0.441. The smallest absolute Gasteiger partial charge is 0.0619 e. The van der Waals surface area contributed by atoms with Crippen molar-refractivity contribution in [2.45, 2.75) is 52.1 Å². The van der Waals surface area contributed by atoms with E-state index in [1.807, 2.05) is 13.8 Å². The highest BCUT2D eigenvalue weighted by atomic mass is 16.3. The van der Waals surface area contributed by atoms with Crippen LogP contribution < -0.4 is 0 Å². The summed E-state index contributed by atoms with van der Waals surface area (Å²) in [5, 5.41) is 9.86. The zero-order chi connectivity index (χ0) is 8.98. The molecule has 3 unspecified atom stereocenters. The van der Waals surface area contributed by atoms with Gasteiger partial charge in [0.2, 0.25) is 0 Å². The van der Waals surface area contributed by atoms with E-state index in [9.17, 15) is 5.11 Å². The maximum absolute atomic E-state index is 9.86. The molecule has 0 aliphatic heterocycles. The Morgan fingerprint density at radius 3 is 2.58 bits per heavy atom. The van der Waals surface area contributed by atoms with Crippen molar-refractivity contribution in [1.82, 2.24) is 0 Å². The number of aliphatic hydroxyl groups is 1. The number of rotatable bonds is 1. The second-order valence-corrected chi connectivity index (χ2v) is 5.68. The van der Waals surface area contributed by atoms with E-state index in [1.165, 1.54) is 25.7 Å². The van der Waals surface area contributed by atoms with E-state index in [2.05, 4.69) is 6.92 Å². The Labute approximate surface area is 75.2 Å². The summed E-state index contributed by atoms with van der Waals surface area (Å²) in [6.07, 6.45) is 5.25. The molecule has 3 atom stereocenters. The number of fused-ring (bicyclic) bond motifs is 1. The van der Waals surface area contributed by atoms with Crippen molar-refractivity contribution in [1.29, 1.82) is 0 Å². The minimum Gasteiger partial charge on any atom is -0.390 e. The molecule has 1 N–H and O–H groups in total. The third-order valence-electron chi connectivity index (χ3n) is 4.17. The van der Waals surface area contributed by atoms with Crippen LogP contribution >= 0.6 is 0 Å². The molecule has 70 valence electrons. The van der Waals surface area contributed by atoms with Crippen LogP contribution in [0.25, 0.3) is 0 Å². The van der Waals surface area contributed by atoms with Gasteiger partial charge < -0.3 is 5.11 Å². The molecule has 0 spiro atoms. The minimum atomic E-state index is -0.441. The van der Waals surface area contributed by atoms with Gasteiger partial charge in [-0.25, -0.2) is 0 Å². The Kier molecular flexibility index (Phi) is 1.61. The third-order valence-corrected chi connectivity index (χ3v) is 4.17. The quantitative estimate of drug-likeness (QED) is 0.638. The summed E-state index contributed by atoms with van der Waals surface area (Å²) in [4.78, 5) is 0. The first-order valence-corrected chi connectivity index (χ1v) is 5.14. The molecule has 2 rings (SSSR count). The lowest BCUT2D eigenvalue weighted by atomic mass is 9.75. The molecular formula is C11H20O. The van der Waals surface area contributed by atoms with Crippen molar-refractivity contribution in [3.05, 3.63) is 0 Å². The van der Waals surface area contributed by atoms with E-state index in [1.54, 1.807) is 0 Å². The predicted molar refractivity (Wildman–Crippen MR) is 49.9 cm³/mol. The van der Waals surface area contributed by atoms with E-state index >= 15 is 0 Å². The topological polar surface area (TPSA) is 20.2 Å². The Morgan fingerprint density at radius 2 is 2.08 bits per heavy atom. The van der Waals surface area contributed by atoms with Crippen LogP contribution in [-0.4, -0.2) is 10.7 Å². The molecule has 0 bridgehead atoms. The third kappa shape index (κ3) is 1.28. The molecule has 0 amide bonds. The monoisotopic (exact) mass is 168 g/mol. The lowest BCUT2D eigenvalue weighted by Crippen LogP contribution is -2.34. The lowest BCUT2D eigenvalue weighted by Gasteiger charge is -2.34. The van der Waals surface area contributed by atoms with Gasteiger partial charge in [-0.1, -0.05) is 6.92 Å². The van der Waals surface area contributed by atoms with Crippen molar-refractivity contribution in [2.75, 3.05) is 0 Å². The van der Waals surface area contributed by atoms with Gasteiger partial charge in [-0.15, -0.1) is 0 Å². The van der Waals surface area contributed by atoms with Gasteiger partial charge in [0, 0.05) is 0 Å². The van der Waals surface area contributed by atoms with E-state index in [0.717, 1.165) is 5.92 Å².